The first-order chi connectivity index (χ1) is 11.8. The highest BCUT2D eigenvalue weighted by Crippen LogP contribution is 2.21. The number of carbonyl (C=O) groups is 1. The molecule has 0 N–H and O–H groups in total. The summed E-state index contributed by atoms with van der Waals surface area (Å²) in [6.07, 6.45) is 4.66. The maximum absolute atomic E-state index is 12.9. The number of carbonyl (C=O) groups excluding carboxylic acids is 1. The molecule has 124 valence electrons. The lowest BCUT2D eigenvalue weighted by Gasteiger charge is -2.23. The first-order valence-corrected chi connectivity index (χ1v) is 8.24. The molecule has 0 radical (unpaired) electrons. The van der Waals surface area contributed by atoms with Crippen LogP contribution in [0.2, 0.25) is 0 Å². The minimum Gasteiger partial charge on any atom is -0.365 e. The molecular weight excluding hydrogens is 296 g/mol. The Morgan fingerprint density at radius 3 is 2.21 bits per heavy atom. The van der Waals surface area contributed by atoms with Crippen molar-refractivity contribution in [3.8, 4) is 0 Å². The van der Waals surface area contributed by atoms with Gasteiger partial charge in [0.25, 0.3) is 0 Å². The van der Waals surface area contributed by atoms with Crippen molar-refractivity contribution in [1.82, 2.24) is 0 Å². The molecule has 0 fully saturated rings. The van der Waals surface area contributed by atoms with Gasteiger partial charge in [-0.25, -0.2) is 0 Å². The van der Waals surface area contributed by atoms with E-state index in [1.165, 1.54) is 5.56 Å². The van der Waals surface area contributed by atoms with Crippen molar-refractivity contribution < 1.29 is 9.53 Å². The van der Waals surface area contributed by atoms with Gasteiger partial charge in [0.05, 0.1) is 6.61 Å². The van der Waals surface area contributed by atoms with Crippen LogP contribution in [0.5, 0.6) is 0 Å². The van der Waals surface area contributed by atoms with Crippen LogP contribution in [0.4, 0.5) is 0 Å². The summed E-state index contributed by atoms with van der Waals surface area (Å²) in [6, 6.07) is 19.5. The number of Topliss-reactive ketones (excluding diaryl/α,β-unsaturated/α-hetero) is 1. The van der Waals surface area contributed by atoms with E-state index in [0.29, 0.717) is 12.2 Å². The number of ketones is 1. The Morgan fingerprint density at radius 2 is 1.62 bits per heavy atom. The normalized spacial score (nSPS) is 13.0. The number of hydrogen-bond acceptors (Lipinski definition) is 2. The zero-order valence-electron chi connectivity index (χ0n) is 13.9. The molecule has 2 atom stereocenters. The Labute approximate surface area is 144 Å². The largest absolute Gasteiger partial charge is 0.365 e. The molecule has 0 bridgehead atoms. The second-order valence-corrected chi connectivity index (χ2v) is 5.70. The van der Waals surface area contributed by atoms with Crippen LogP contribution in [-0.4, -0.2) is 18.5 Å². The van der Waals surface area contributed by atoms with Crippen molar-refractivity contribution in [2.45, 2.75) is 18.9 Å². The average molecular weight is 320 g/mol. The molecule has 2 nitrogen and oxygen atoms in total. The molecule has 0 aliphatic rings. The van der Waals surface area contributed by atoms with Gasteiger partial charge in [-0.2, -0.15) is 0 Å². The smallest absolute Gasteiger partial charge is 0.192 e. The molecule has 0 amide bonds. The van der Waals surface area contributed by atoms with Gasteiger partial charge in [0, 0.05) is 11.5 Å². The maximum Gasteiger partial charge on any atom is 0.192 e. The zero-order valence-corrected chi connectivity index (χ0v) is 13.9. The molecule has 2 heteroatoms. The van der Waals surface area contributed by atoms with Crippen molar-refractivity contribution in [3.63, 3.8) is 0 Å². The second kappa shape index (κ2) is 9.64. The van der Waals surface area contributed by atoms with Crippen LogP contribution in [0.3, 0.4) is 0 Å². The highest BCUT2D eigenvalue weighted by molar-refractivity contribution is 5.99. The predicted molar refractivity (Wildman–Crippen MR) is 99.2 cm³/mol. The Balaban J connectivity index is 2.12. The number of rotatable bonds is 10. The maximum atomic E-state index is 12.9. The number of benzene rings is 2. The van der Waals surface area contributed by atoms with Crippen LogP contribution >= 0.6 is 0 Å². The standard InChI is InChI=1S/C22H24O2/c1-3-17-24-22(21(23)20-13-9-6-10-14-20)19(4-2)16-15-18-11-7-5-8-12-18/h3-14,19,22H,1-2,15-17H2/t19-,22+/m1/s1. The summed E-state index contributed by atoms with van der Waals surface area (Å²) in [5.74, 6) is -0.0479. The average Bonchev–Trinajstić information content (AvgIpc) is 2.65. The van der Waals surface area contributed by atoms with Crippen LogP contribution < -0.4 is 0 Å². The Kier molecular flexibility index (Phi) is 7.19. The number of hydrogen-bond donors (Lipinski definition) is 0. The van der Waals surface area contributed by atoms with E-state index in [0.717, 1.165) is 12.8 Å². The van der Waals surface area contributed by atoms with E-state index in [1.807, 2.05) is 54.6 Å². The predicted octanol–water partition coefficient (Wildman–Crippen LogP) is 4.88. The SMILES string of the molecule is C=CCO[C@H](C(=O)c1ccccc1)[C@H](C=C)CCc1ccccc1. The molecule has 0 aliphatic carbocycles. The molecule has 0 aromatic heterocycles. The molecule has 2 aromatic carbocycles. The van der Waals surface area contributed by atoms with Crippen molar-refractivity contribution in [3.05, 3.63) is 97.1 Å². The van der Waals surface area contributed by atoms with Gasteiger partial charge in [-0.15, -0.1) is 13.2 Å². The van der Waals surface area contributed by atoms with E-state index in [4.69, 9.17) is 4.74 Å². The van der Waals surface area contributed by atoms with E-state index in [1.54, 1.807) is 6.08 Å². The Hall–Kier alpha value is -2.45. The molecule has 0 saturated heterocycles. The van der Waals surface area contributed by atoms with Crippen LogP contribution in [0.25, 0.3) is 0 Å². The summed E-state index contributed by atoms with van der Waals surface area (Å²) >= 11 is 0. The van der Waals surface area contributed by atoms with E-state index >= 15 is 0 Å². The summed E-state index contributed by atoms with van der Waals surface area (Å²) in [5.41, 5.74) is 1.91. The van der Waals surface area contributed by atoms with Crippen molar-refractivity contribution in [2.75, 3.05) is 6.61 Å². The first kappa shape index (κ1) is 17.9. The minimum absolute atomic E-state index is 0.00425. The molecule has 0 unspecified atom stereocenters. The third kappa shape index (κ3) is 5.04. The Bertz CT molecular complexity index is 646. The van der Waals surface area contributed by atoms with E-state index in [9.17, 15) is 4.79 Å². The van der Waals surface area contributed by atoms with Crippen LogP contribution in [0, 0.1) is 5.92 Å². The fourth-order valence-corrected chi connectivity index (χ4v) is 2.70. The van der Waals surface area contributed by atoms with E-state index in [-0.39, 0.29) is 11.7 Å². The first-order valence-electron chi connectivity index (χ1n) is 8.24. The quantitative estimate of drug-likeness (QED) is 0.461. The van der Waals surface area contributed by atoms with E-state index < -0.39 is 6.10 Å². The summed E-state index contributed by atoms with van der Waals surface area (Å²) in [5, 5.41) is 0. The third-order valence-electron chi connectivity index (χ3n) is 4.01. The van der Waals surface area contributed by atoms with Crippen LogP contribution in [0.1, 0.15) is 22.3 Å². The highest BCUT2D eigenvalue weighted by Gasteiger charge is 2.27. The van der Waals surface area contributed by atoms with Gasteiger partial charge in [0.2, 0.25) is 0 Å². The van der Waals surface area contributed by atoms with Gasteiger partial charge in [-0.05, 0) is 18.4 Å². The van der Waals surface area contributed by atoms with Gasteiger partial charge in [-0.1, -0.05) is 72.8 Å². The molecule has 24 heavy (non-hydrogen) atoms. The van der Waals surface area contributed by atoms with Crippen molar-refractivity contribution >= 4 is 5.78 Å². The monoisotopic (exact) mass is 320 g/mol. The van der Waals surface area contributed by atoms with Gasteiger partial charge in [-0.3, -0.25) is 4.79 Å². The van der Waals surface area contributed by atoms with Gasteiger partial charge in [0.1, 0.15) is 6.10 Å². The zero-order chi connectivity index (χ0) is 17.2. The fourth-order valence-electron chi connectivity index (χ4n) is 2.70. The molecule has 0 saturated carbocycles. The summed E-state index contributed by atoms with van der Waals surface area (Å²) in [4.78, 5) is 12.9. The molecule has 2 rings (SSSR count). The lowest BCUT2D eigenvalue weighted by atomic mass is 9.89. The van der Waals surface area contributed by atoms with Crippen molar-refractivity contribution in [2.24, 2.45) is 5.92 Å². The number of ether oxygens (including phenoxy) is 1. The van der Waals surface area contributed by atoms with Gasteiger partial charge < -0.3 is 4.74 Å². The second-order valence-electron chi connectivity index (χ2n) is 5.70. The number of aryl methyl sites for hydroxylation is 1. The molecule has 2 aromatic rings. The fraction of sp³-hybridized carbons (Fsp3) is 0.227. The van der Waals surface area contributed by atoms with Crippen molar-refractivity contribution in [1.29, 1.82) is 0 Å². The van der Waals surface area contributed by atoms with Gasteiger partial charge >= 0.3 is 0 Å². The molecule has 0 heterocycles. The van der Waals surface area contributed by atoms with Crippen LogP contribution in [-0.2, 0) is 11.2 Å². The molecule has 0 aliphatic heterocycles. The summed E-state index contributed by atoms with van der Waals surface area (Å²) < 4.78 is 5.81. The third-order valence-corrected chi connectivity index (χ3v) is 4.01. The van der Waals surface area contributed by atoms with Gasteiger partial charge in [0.15, 0.2) is 5.78 Å². The molecule has 0 spiro atoms. The lowest BCUT2D eigenvalue weighted by Crippen LogP contribution is -2.32. The Morgan fingerprint density at radius 1 is 1.00 bits per heavy atom. The summed E-state index contributed by atoms with van der Waals surface area (Å²) in [7, 11) is 0. The van der Waals surface area contributed by atoms with E-state index in [2.05, 4.69) is 25.3 Å². The minimum atomic E-state index is -0.536. The highest BCUT2D eigenvalue weighted by atomic mass is 16.5. The summed E-state index contributed by atoms with van der Waals surface area (Å²) in [6.45, 7) is 7.95. The molecular formula is C22H24O2. The topological polar surface area (TPSA) is 26.3 Å². The lowest BCUT2D eigenvalue weighted by molar-refractivity contribution is 0.0341. The van der Waals surface area contributed by atoms with Crippen LogP contribution in [0.15, 0.2) is 86.0 Å².